The molecular weight excluding hydrogens is 679 g/mol. The molecule has 56 heavy (non-hydrogen) atoms. The topological polar surface area (TPSA) is 38.7 Å². The first-order valence-electron chi connectivity index (χ1n) is 19.4. The van der Waals surface area contributed by atoms with Crippen LogP contribution < -0.4 is 0 Å². The van der Waals surface area contributed by atoms with Crippen LogP contribution in [-0.2, 0) is 10.8 Å². The Morgan fingerprint density at radius 3 is 1.59 bits per heavy atom. The molecule has 264 valence electrons. The molecule has 0 unspecified atom stereocenters. The van der Waals surface area contributed by atoms with E-state index >= 15 is 0 Å². The van der Waals surface area contributed by atoms with Gasteiger partial charge in [-0.25, -0.2) is 15.0 Å². The third kappa shape index (κ3) is 4.67. The Bertz CT molecular complexity index is 2960. The van der Waals surface area contributed by atoms with Crippen molar-refractivity contribution in [3.8, 4) is 56.4 Å². The van der Waals surface area contributed by atoms with Gasteiger partial charge < -0.3 is 0 Å². The molecule has 0 aliphatic heterocycles. The minimum absolute atomic E-state index is 0.147. The Morgan fingerprint density at radius 2 is 0.857 bits per heavy atom. The van der Waals surface area contributed by atoms with Gasteiger partial charge in [0.15, 0.2) is 17.5 Å². The Labute approximate surface area is 327 Å². The SMILES string of the molecule is CC1(C)c2ccccc2-c2c(-c3nc(-c4ccc5c(c4)C(c4ccccc4)(c4ccccc4)c4ccccc4-5)nc(-c4ccc5ccccc5c4)n3)cccc21. The van der Waals surface area contributed by atoms with Crippen LogP contribution in [0, 0.1) is 0 Å². The predicted octanol–water partition coefficient (Wildman–Crippen LogP) is 12.7. The second kappa shape index (κ2) is 12.3. The van der Waals surface area contributed by atoms with Gasteiger partial charge in [0.05, 0.1) is 5.41 Å². The summed E-state index contributed by atoms with van der Waals surface area (Å²) in [6.07, 6.45) is 0. The number of aromatic nitrogens is 3. The lowest BCUT2D eigenvalue weighted by molar-refractivity contribution is 0.660. The maximum absolute atomic E-state index is 5.41. The zero-order valence-corrected chi connectivity index (χ0v) is 31.2. The fourth-order valence-corrected chi connectivity index (χ4v) is 9.61. The first-order valence-corrected chi connectivity index (χ1v) is 19.4. The average molecular weight is 716 g/mol. The lowest BCUT2D eigenvalue weighted by Gasteiger charge is -2.34. The molecule has 8 aromatic carbocycles. The Balaban J connectivity index is 1.18. The zero-order chi connectivity index (χ0) is 37.4. The Hall–Kier alpha value is -6.97. The van der Waals surface area contributed by atoms with Gasteiger partial charge >= 0.3 is 0 Å². The lowest BCUT2D eigenvalue weighted by Crippen LogP contribution is -2.28. The highest BCUT2D eigenvalue weighted by molar-refractivity contribution is 5.93. The summed E-state index contributed by atoms with van der Waals surface area (Å²) in [5, 5.41) is 2.33. The largest absolute Gasteiger partial charge is 0.208 e. The van der Waals surface area contributed by atoms with Crippen molar-refractivity contribution >= 4 is 10.8 Å². The molecule has 11 rings (SSSR count). The first-order chi connectivity index (χ1) is 27.5. The smallest absolute Gasteiger partial charge is 0.164 e. The second-order valence-corrected chi connectivity index (χ2v) is 15.6. The lowest BCUT2D eigenvalue weighted by atomic mass is 9.67. The van der Waals surface area contributed by atoms with E-state index in [4.69, 9.17) is 15.0 Å². The minimum atomic E-state index is -0.531. The summed E-state index contributed by atoms with van der Waals surface area (Å²) in [4.78, 5) is 16.0. The van der Waals surface area contributed by atoms with Crippen LogP contribution in [0.2, 0.25) is 0 Å². The van der Waals surface area contributed by atoms with Crippen molar-refractivity contribution in [1.29, 1.82) is 0 Å². The number of rotatable bonds is 5. The molecule has 0 radical (unpaired) electrons. The van der Waals surface area contributed by atoms with Crippen LogP contribution in [0.5, 0.6) is 0 Å². The van der Waals surface area contributed by atoms with E-state index in [2.05, 4.69) is 202 Å². The monoisotopic (exact) mass is 715 g/mol. The third-order valence-corrected chi connectivity index (χ3v) is 12.2. The maximum Gasteiger partial charge on any atom is 0.164 e. The molecule has 3 heteroatoms. The summed E-state index contributed by atoms with van der Waals surface area (Å²) in [6.45, 7) is 4.63. The fraction of sp³-hybridized carbons (Fsp3) is 0.0755. The summed E-state index contributed by atoms with van der Waals surface area (Å²) >= 11 is 0. The molecule has 0 fully saturated rings. The highest BCUT2D eigenvalue weighted by atomic mass is 15.0. The summed E-state index contributed by atoms with van der Waals surface area (Å²) in [7, 11) is 0. The molecule has 0 amide bonds. The van der Waals surface area contributed by atoms with Gasteiger partial charge in [0, 0.05) is 22.1 Å². The molecule has 3 nitrogen and oxygen atoms in total. The van der Waals surface area contributed by atoms with Crippen LogP contribution in [0.25, 0.3) is 67.2 Å². The fourth-order valence-electron chi connectivity index (χ4n) is 9.61. The molecule has 1 aromatic heterocycles. The molecule has 0 spiro atoms. The molecule has 2 aliphatic rings. The van der Waals surface area contributed by atoms with Crippen molar-refractivity contribution in [2.45, 2.75) is 24.7 Å². The highest BCUT2D eigenvalue weighted by Gasteiger charge is 2.46. The van der Waals surface area contributed by atoms with Gasteiger partial charge in [0.2, 0.25) is 0 Å². The van der Waals surface area contributed by atoms with Crippen molar-refractivity contribution in [2.75, 3.05) is 0 Å². The van der Waals surface area contributed by atoms with E-state index < -0.39 is 5.41 Å². The normalized spacial score (nSPS) is 14.2. The van der Waals surface area contributed by atoms with Crippen LogP contribution in [0.15, 0.2) is 188 Å². The van der Waals surface area contributed by atoms with Crippen molar-refractivity contribution in [3.05, 3.63) is 221 Å². The van der Waals surface area contributed by atoms with Crippen LogP contribution in [-0.4, -0.2) is 15.0 Å². The van der Waals surface area contributed by atoms with Gasteiger partial charge in [-0.1, -0.05) is 190 Å². The van der Waals surface area contributed by atoms with Gasteiger partial charge in [-0.15, -0.1) is 0 Å². The molecule has 0 saturated heterocycles. The van der Waals surface area contributed by atoms with Crippen LogP contribution in [0.4, 0.5) is 0 Å². The van der Waals surface area contributed by atoms with Crippen LogP contribution in [0.1, 0.15) is 47.2 Å². The van der Waals surface area contributed by atoms with Crippen molar-refractivity contribution < 1.29 is 0 Å². The van der Waals surface area contributed by atoms with E-state index in [9.17, 15) is 0 Å². The van der Waals surface area contributed by atoms with E-state index in [1.807, 2.05) is 0 Å². The molecule has 9 aromatic rings. The number of hydrogen-bond donors (Lipinski definition) is 0. The number of hydrogen-bond acceptors (Lipinski definition) is 3. The van der Waals surface area contributed by atoms with E-state index in [0.29, 0.717) is 17.5 Å². The molecule has 0 saturated carbocycles. The molecule has 2 aliphatic carbocycles. The predicted molar refractivity (Wildman–Crippen MR) is 229 cm³/mol. The van der Waals surface area contributed by atoms with E-state index in [1.54, 1.807) is 0 Å². The summed E-state index contributed by atoms with van der Waals surface area (Å²) < 4.78 is 0. The van der Waals surface area contributed by atoms with Gasteiger partial charge in [-0.2, -0.15) is 0 Å². The summed E-state index contributed by atoms with van der Waals surface area (Å²) in [5.41, 5.74) is 14.7. The zero-order valence-electron chi connectivity index (χ0n) is 31.2. The van der Waals surface area contributed by atoms with Crippen LogP contribution in [0.3, 0.4) is 0 Å². The Kier molecular flexibility index (Phi) is 7.11. The van der Waals surface area contributed by atoms with E-state index in [-0.39, 0.29) is 5.41 Å². The standard InChI is InChI=1S/C53H37N3/c1-52(2)44-25-13-12-23-42(44)48-43(24-15-27-46(48)52)51-55-49(36-29-28-34-16-9-10-17-35(34)32-36)54-50(56-51)37-30-31-41-40-22-11-14-26-45(40)53(47(41)33-37,38-18-5-3-6-19-38)39-20-7-4-8-21-39/h3-33H,1-2H3. The Morgan fingerprint density at radius 1 is 0.339 bits per heavy atom. The molecule has 1 heterocycles. The molecule has 0 atom stereocenters. The molecule has 0 bridgehead atoms. The average Bonchev–Trinajstić information content (AvgIpc) is 3.69. The molecular formula is C53H37N3. The van der Waals surface area contributed by atoms with Crippen molar-refractivity contribution in [2.24, 2.45) is 0 Å². The van der Waals surface area contributed by atoms with E-state index in [1.165, 1.54) is 61.0 Å². The summed E-state index contributed by atoms with van der Waals surface area (Å²) in [5.74, 6) is 1.97. The number of nitrogens with zero attached hydrogens (tertiary/aromatic N) is 3. The van der Waals surface area contributed by atoms with E-state index in [0.717, 1.165) is 22.1 Å². The quantitative estimate of drug-likeness (QED) is 0.178. The van der Waals surface area contributed by atoms with Gasteiger partial charge in [0.1, 0.15) is 0 Å². The number of benzene rings is 8. The highest BCUT2D eigenvalue weighted by Crippen LogP contribution is 2.57. The van der Waals surface area contributed by atoms with Crippen LogP contribution >= 0.6 is 0 Å². The third-order valence-electron chi connectivity index (χ3n) is 12.2. The second-order valence-electron chi connectivity index (χ2n) is 15.6. The molecule has 0 N–H and O–H groups in total. The first kappa shape index (κ1) is 32.5. The van der Waals surface area contributed by atoms with Gasteiger partial charge in [-0.3, -0.25) is 0 Å². The summed E-state index contributed by atoms with van der Waals surface area (Å²) in [6, 6.07) is 67.8. The maximum atomic E-state index is 5.41. The van der Waals surface area contributed by atoms with Crippen molar-refractivity contribution in [3.63, 3.8) is 0 Å². The van der Waals surface area contributed by atoms with Crippen molar-refractivity contribution in [1.82, 2.24) is 15.0 Å². The van der Waals surface area contributed by atoms with Gasteiger partial charge in [0.25, 0.3) is 0 Å². The number of fused-ring (bicyclic) bond motifs is 7. The minimum Gasteiger partial charge on any atom is -0.208 e. The van der Waals surface area contributed by atoms with Gasteiger partial charge in [-0.05, 0) is 78.5 Å².